The molecule has 0 bridgehead atoms. The summed E-state index contributed by atoms with van der Waals surface area (Å²) in [7, 11) is 2.10. The third kappa shape index (κ3) is 1.99. The molecule has 0 radical (unpaired) electrons. The minimum Gasteiger partial charge on any atom is -0.395 e. The standard InChI is InChI=1S/C10H21NO/c1-10(2,3)8-5-9(7-12)11(4)6-8/h8-9,12H,5-7H2,1-4H3. The molecule has 2 unspecified atom stereocenters. The Morgan fingerprint density at radius 3 is 2.25 bits per heavy atom. The molecule has 0 aromatic rings. The van der Waals surface area contributed by atoms with Crippen molar-refractivity contribution in [2.45, 2.75) is 33.2 Å². The van der Waals surface area contributed by atoms with E-state index in [2.05, 4.69) is 32.7 Å². The Labute approximate surface area is 75.6 Å². The third-order valence-corrected chi connectivity index (χ3v) is 3.12. The fraction of sp³-hybridized carbons (Fsp3) is 1.00. The van der Waals surface area contributed by atoms with Gasteiger partial charge < -0.3 is 10.0 Å². The summed E-state index contributed by atoms with van der Waals surface area (Å²) < 4.78 is 0. The van der Waals surface area contributed by atoms with Crippen LogP contribution < -0.4 is 0 Å². The summed E-state index contributed by atoms with van der Waals surface area (Å²) in [4.78, 5) is 2.27. The molecule has 0 amide bonds. The maximum Gasteiger partial charge on any atom is 0.0586 e. The van der Waals surface area contributed by atoms with Gasteiger partial charge in [0.25, 0.3) is 0 Å². The van der Waals surface area contributed by atoms with Gasteiger partial charge >= 0.3 is 0 Å². The molecule has 1 fully saturated rings. The molecule has 0 spiro atoms. The van der Waals surface area contributed by atoms with E-state index in [0.29, 0.717) is 18.1 Å². The lowest BCUT2D eigenvalue weighted by atomic mass is 9.79. The average Bonchev–Trinajstić information content (AvgIpc) is 2.29. The fourth-order valence-electron chi connectivity index (χ4n) is 1.92. The van der Waals surface area contributed by atoms with Gasteiger partial charge in [-0.25, -0.2) is 0 Å². The van der Waals surface area contributed by atoms with E-state index in [4.69, 9.17) is 5.11 Å². The maximum absolute atomic E-state index is 9.08. The van der Waals surface area contributed by atoms with Crippen LogP contribution in [-0.2, 0) is 0 Å². The van der Waals surface area contributed by atoms with Crippen molar-refractivity contribution in [3.05, 3.63) is 0 Å². The highest BCUT2D eigenvalue weighted by Crippen LogP contribution is 2.35. The molecule has 72 valence electrons. The van der Waals surface area contributed by atoms with Crippen LogP contribution in [-0.4, -0.2) is 36.2 Å². The third-order valence-electron chi connectivity index (χ3n) is 3.12. The predicted molar refractivity (Wildman–Crippen MR) is 51.1 cm³/mol. The molecule has 0 aromatic heterocycles. The molecule has 0 aromatic carbocycles. The molecule has 12 heavy (non-hydrogen) atoms. The first-order chi connectivity index (χ1) is 5.45. The number of aliphatic hydroxyl groups is 1. The zero-order valence-electron chi connectivity index (χ0n) is 8.67. The fourth-order valence-corrected chi connectivity index (χ4v) is 1.92. The van der Waals surface area contributed by atoms with E-state index in [1.807, 2.05) is 0 Å². The van der Waals surface area contributed by atoms with Gasteiger partial charge in [0.05, 0.1) is 6.61 Å². The highest BCUT2D eigenvalue weighted by atomic mass is 16.3. The van der Waals surface area contributed by atoms with Crippen molar-refractivity contribution in [3.63, 3.8) is 0 Å². The summed E-state index contributed by atoms with van der Waals surface area (Å²) in [6, 6.07) is 0.397. The van der Waals surface area contributed by atoms with E-state index in [9.17, 15) is 0 Å². The quantitative estimate of drug-likeness (QED) is 0.643. The van der Waals surface area contributed by atoms with E-state index in [1.165, 1.54) is 0 Å². The average molecular weight is 171 g/mol. The Bertz CT molecular complexity index is 150. The largest absolute Gasteiger partial charge is 0.395 e. The highest BCUT2D eigenvalue weighted by Gasteiger charge is 2.35. The van der Waals surface area contributed by atoms with Gasteiger partial charge in [0.2, 0.25) is 0 Å². The monoisotopic (exact) mass is 171 g/mol. The Hall–Kier alpha value is -0.0800. The second-order valence-corrected chi connectivity index (χ2v) is 5.07. The molecule has 1 aliphatic rings. The molecular formula is C10H21NO. The van der Waals surface area contributed by atoms with Crippen LogP contribution in [0.5, 0.6) is 0 Å². The van der Waals surface area contributed by atoms with E-state index in [0.717, 1.165) is 18.9 Å². The van der Waals surface area contributed by atoms with Crippen molar-refractivity contribution in [2.24, 2.45) is 11.3 Å². The number of nitrogens with zero attached hydrogens (tertiary/aromatic N) is 1. The smallest absolute Gasteiger partial charge is 0.0586 e. The maximum atomic E-state index is 9.08. The van der Waals surface area contributed by atoms with Gasteiger partial charge in [-0.3, -0.25) is 0 Å². The zero-order chi connectivity index (χ0) is 9.35. The number of hydrogen-bond donors (Lipinski definition) is 1. The van der Waals surface area contributed by atoms with E-state index < -0.39 is 0 Å². The molecule has 1 rings (SSSR count). The van der Waals surface area contributed by atoms with Crippen LogP contribution in [0.15, 0.2) is 0 Å². The second-order valence-electron chi connectivity index (χ2n) is 5.07. The normalized spacial score (nSPS) is 32.8. The van der Waals surface area contributed by atoms with Crippen LogP contribution >= 0.6 is 0 Å². The molecule has 2 atom stereocenters. The predicted octanol–water partition coefficient (Wildman–Crippen LogP) is 1.35. The van der Waals surface area contributed by atoms with Crippen LogP contribution in [0.25, 0.3) is 0 Å². The van der Waals surface area contributed by atoms with Crippen molar-refractivity contribution in [2.75, 3.05) is 20.2 Å². The number of likely N-dealkylation sites (tertiary alicyclic amines) is 1. The number of hydrogen-bond acceptors (Lipinski definition) is 2. The molecule has 2 nitrogen and oxygen atoms in total. The second kappa shape index (κ2) is 3.35. The van der Waals surface area contributed by atoms with Crippen molar-refractivity contribution in [1.82, 2.24) is 4.90 Å². The summed E-state index contributed by atoms with van der Waals surface area (Å²) >= 11 is 0. The van der Waals surface area contributed by atoms with Gasteiger partial charge in [0.1, 0.15) is 0 Å². The topological polar surface area (TPSA) is 23.5 Å². The minimum atomic E-state index is 0.309. The van der Waals surface area contributed by atoms with Gasteiger partial charge in [-0.15, -0.1) is 0 Å². The first-order valence-corrected chi connectivity index (χ1v) is 4.76. The van der Waals surface area contributed by atoms with Crippen molar-refractivity contribution >= 4 is 0 Å². The first kappa shape index (κ1) is 10.0. The van der Waals surface area contributed by atoms with Crippen molar-refractivity contribution in [1.29, 1.82) is 0 Å². The lowest BCUT2D eigenvalue weighted by Crippen LogP contribution is -2.28. The Balaban J connectivity index is 2.54. The summed E-state index contributed by atoms with van der Waals surface area (Å²) in [5.41, 5.74) is 0.387. The summed E-state index contributed by atoms with van der Waals surface area (Å²) in [6.07, 6.45) is 1.15. The van der Waals surface area contributed by atoms with Crippen molar-refractivity contribution < 1.29 is 5.11 Å². The Morgan fingerprint density at radius 2 is 2.00 bits per heavy atom. The summed E-state index contributed by atoms with van der Waals surface area (Å²) in [5.74, 6) is 0.736. The van der Waals surface area contributed by atoms with Gasteiger partial charge in [0, 0.05) is 12.6 Å². The van der Waals surface area contributed by atoms with E-state index >= 15 is 0 Å². The summed E-state index contributed by atoms with van der Waals surface area (Å²) in [5, 5.41) is 9.08. The van der Waals surface area contributed by atoms with Gasteiger partial charge in [-0.2, -0.15) is 0 Å². The Kier molecular flexibility index (Phi) is 2.79. The van der Waals surface area contributed by atoms with Crippen LogP contribution in [0.4, 0.5) is 0 Å². The van der Waals surface area contributed by atoms with Crippen molar-refractivity contribution in [3.8, 4) is 0 Å². The molecule has 0 aliphatic carbocycles. The number of aliphatic hydroxyl groups excluding tert-OH is 1. The van der Waals surface area contributed by atoms with E-state index in [1.54, 1.807) is 0 Å². The van der Waals surface area contributed by atoms with Crippen LogP contribution in [0.1, 0.15) is 27.2 Å². The molecule has 1 aliphatic heterocycles. The molecule has 2 heteroatoms. The first-order valence-electron chi connectivity index (χ1n) is 4.76. The van der Waals surface area contributed by atoms with Crippen LogP contribution in [0, 0.1) is 11.3 Å². The molecule has 0 saturated carbocycles. The number of rotatable bonds is 1. The Morgan fingerprint density at radius 1 is 1.42 bits per heavy atom. The highest BCUT2D eigenvalue weighted by molar-refractivity contribution is 4.88. The molecule has 1 saturated heterocycles. The van der Waals surface area contributed by atoms with E-state index in [-0.39, 0.29) is 0 Å². The van der Waals surface area contributed by atoms with Crippen LogP contribution in [0.2, 0.25) is 0 Å². The lowest BCUT2D eigenvalue weighted by molar-refractivity contribution is 0.182. The zero-order valence-corrected chi connectivity index (χ0v) is 8.67. The SMILES string of the molecule is CN1CC(C(C)(C)C)CC1CO. The van der Waals surface area contributed by atoms with Crippen LogP contribution in [0.3, 0.4) is 0 Å². The lowest BCUT2D eigenvalue weighted by Gasteiger charge is -2.26. The number of likely N-dealkylation sites (N-methyl/N-ethyl adjacent to an activating group) is 1. The molecule has 1 N–H and O–H groups in total. The molecular weight excluding hydrogens is 150 g/mol. The van der Waals surface area contributed by atoms with Gasteiger partial charge in [0.15, 0.2) is 0 Å². The molecule has 1 heterocycles. The minimum absolute atomic E-state index is 0.309. The van der Waals surface area contributed by atoms with Gasteiger partial charge in [-0.05, 0) is 24.8 Å². The summed E-state index contributed by atoms with van der Waals surface area (Å²) in [6.45, 7) is 8.29. The van der Waals surface area contributed by atoms with Gasteiger partial charge in [-0.1, -0.05) is 20.8 Å².